The second kappa shape index (κ2) is 6.23. The Morgan fingerprint density at radius 2 is 2.11 bits per heavy atom. The molecule has 4 heteroatoms. The van der Waals surface area contributed by atoms with Crippen LogP contribution in [0.5, 0.6) is 5.75 Å². The molecule has 1 fully saturated rings. The number of thioether (sulfide) groups is 1. The van der Waals surface area contributed by atoms with Crippen LogP contribution in [0.3, 0.4) is 0 Å². The normalized spacial score (nSPS) is 23.7. The van der Waals surface area contributed by atoms with Gasteiger partial charge in [-0.1, -0.05) is 12.8 Å². The van der Waals surface area contributed by atoms with E-state index >= 15 is 0 Å². The summed E-state index contributed by atoms with van der Waals surface area (Å²) in [6.45, 7) is 0. The number of hydrogen-bond acceptors (Lipinski definition) is 4. The highest BCUT2D eigenvalue weighted by Gasteiger charge is 2.24. The minimum Gasteiger partial charge on any atom is -0.495 e. The summed E-state index contributed by atoms with van der Waals surface area (Å²) in [6, 6.07) is 6.48. The van der Waals surface area contributed by atoms with Gasteiger partial charge in [0.25, 0.3) is 0 Å². The molecule has 2 atom stereocenters. The second-order valence-corrected chi connectivity index (χ2v) is 5.84. The van der Waals surface area contributed by atoms with E-state index in [1.54, 1.807) is 7.11 Å². The molecule has 3 N–H and O–H groups in total. The lowest BCUT2D eigenvalue weighted by Crippen LogP contribution is -2.34. The maximum Gasteiger partial charge on any atom is 0.143 e. The van der Waals surface area contributed by atoms with Crippen molar-refractivity contribution in [3.63, 3.8) is 0 Å². The number of nitrogens with one attached hydrogen (secondary N) is 1. The summed E-state index contributed by atoms with van der Waals surface area (Å²) in [4.78, 5) is 0. The van der Waals surface area contributed by atoms with E-state index in [-0.39, 0.29) is 0 Å². The molecule has 0 saturated heterocycles. The lowest BCUT2D eigenvalue weighted by molar-refractivity contribution is 0.417. The molecule has 1 aromatic rings. The molecule has 1 saturated carbocycles. The molecular formula is C14H22N2OS. The lowest BCUT2D eigenvalue weighted by atomic mass is 9.94. The number of benzene rings is 1. The number of ether oxygens (including phenoxy) is 1. The zero-order valence-electron chi connectivity index (χ0n) is 11.1. The molecule has 2 rings (SSSR count). The highest BCUT2D eigenvalue weighted by atomic mass is 32.2. The maximum absolute atomic E-state index is 5.83. The third-order valence-electron chi connectivity index (χ3n) is 3.59. The highest BCUT2D eigenvalue weighted by Crippen LogP contribution is 2.31. The Morgan fingerprint density at radius 1 is 1.33 bits per heavy atom. The minimum atomic E-state index is 0.557. The fraction of sp³-hybridized carbons (Fsp3) is 0.571. The number of hydrogen-bond donors (Lipinski definition) is 2. The fourth-order valence-corrected chi connectivity index (χ4v) is 3.49. The molecule has 0 aromatic heterocycles. The van der Waals surface area contributed by atoms with Gasteiger partial charge in [0.15, 0.2) is 0 Å². The smallest absolute Gasteiger partial charge is 0.143 e. The number of anilines is 2. The quantitative estimate of drug-likeness (QED) is 0.820. The van der Waals surface area contributed by atoms with Gasteiger partial charge < -0.3 is 15.8 Å². The van der Waals surface area contributed by atoms with Gasteiger partial charge in [0.1, 0.15) is 5.75 Å². The van der Waals surface area contributed by atoms with E-state index < -0.39 is 0 Å². The van der Waals surface area contributed by atoms with Gasteiger partial charge in [-0.25, -0.2) is 0 Å². The Hall–Kier alpha value is -1.03. The van der Waals surface area contributed by atoms with Crippen LogP contribution < -0.4 is 15.8 Å². The minimum absolute atomic E-state index is 0.557. The first-order valence-corrected chi connectivity index (χ1v) is 7.76. The van der Waals surface area contributed by atoms with Gasteiger partial charge >= 0.3 is 0 Å². The summed E-state index contributed by atoms with van der Waals surface area (Å²) < 4.78 is 5.26. The van der Waals surface area contributed by atoms with Gasteiger partial charge in [-0.2, -0.15) is 11.8 Å². The summed E-state index contributed by atoms with van der Waals surface area (Å²) >= 11 is 1.97. The molecule has 18 heavy (non-hydrogen) atoms. The van der Waals surface area contributed by atoms with Crippen molar-refractivity contribution in [3.05, 3.63) is 18.2 Å². The average molecular weight is 266 g/mol. The first-order chi connectivity index (χ1) is 8.74. The predicted octanol–water partition coefficient (Wildman–Crippen LogP) is 3.36. The highest BCUT2D eigenvalue weighted by molar-refractivity contribution is 7.99. The van der Waals surface area contributed by atoms with E-state index in [0.29, 0.717) is 17.0 Å². The van der Waals surface area contributed by atoms with Gasteiger partial charge in [0.05, 0.1) is 12.8 Å². The van der Waals surface area contributed by atoms with Crippen molar-refractivity contribution in [1.29, 1.82) is 0 Å². The zero-order valence-corrected chi connectivity index (χ0v) is 11.9. The molecule has 1 aliphatic rings. The number of nitrogens with two attached hydrogens (primary N) is 1. The van der Waals surface area contributed by atoms with Crippen LogP contribution in [0, 0.1) is 0 Å². The van der Waals surface area contributed by atoms with Crippen LogP contribution in [-0.4, -0.2) is 24.7 Å². The lowest BCUT2D eigenvalue weighted by Gasteiger charge is -2.31. The van der Waals surface area contributed by atoms with Crippen molar-refractivity contribution in [1.82, 2.24) is 0 Å². The number of nitrogen functional groups attached to an aromatic ring is 1. The van der Waals surface area contributed by atoms with Gasteiger partial charge in [-0.05, 0) is 31.2 Å². The molecule has 1 aliphatic carbocycles. The maximum atomic E-state index is 5.83. The largest absolute Gasteiger partial charge is 0.495 e. The number of methoxy groups -OCH3 is 1. The van der Waals surface area contributed by atoms with Gasteiger partial charge in [0, 0.05) is 23.0 Å². The average Bonchev–Trinajstić information content (AvgIpc) is 2.41. The van der Waals surface area contributed by atoms with Crippen LogP contribution in [0.1, 0.15) is 25.7 Å². The van der Waals surface area contributed by atoms with E-state index in [1.807, 2.05) is 30.0 Å². The SMILES string of the molecule is COc1cc(NC2CCCCC2SC)ccc1N. The van der Waals surface area contributed by atoms with Crippen molar-refractivity contribution in [2.24, 2.45) is 0 Å². The summed E-state index contributed by atoms with van der Waals surface area (Å²) in [6.07, 6.45) is 7.44. The Bertz CT molecular complexity index is 397. The summed E-state index contributed by atoms with van der Waals surface area (Å²) in [7, 11) is 1.65. The van der Waals surface area contributed by atoms with E-state index in [1.165, 1.54) is 25.7 Å². The Kier molecular flexibility index (Phi) is 4.64. The van der Waals surface area contributed by atoms with Crippen molar-refractivity contribution in [3.8, 4) is 5.75 Å². The topological polar surface area (TPSA) is 47.3 Å². The molecule has 0 aliphatic heterocycles. The van der Waals surface area contributed by atoms with E-state index in [9.17, 15) is 0 Å². The third-order valence-corrected chi connectivity index (χ3v) is 4.76. The number of rotatable bonds is 4. The Morgan fingerprint density at radius 3 is 2.83 bits per heavy atom. The van der Waals surface area contributed by atoms with Crippen molar-refractivity contribution < 1.29 is 4.74 Å². The molecule has 2 unspecified atom stereocenters. The molecule has 1 aromatic carbocycles. The van der Waals surface area contributed by atoms with Crippen molar-refractivity contribution in [2.45, 2.75) is 37.0 Å². The fourth-order valence-electron chi connectivity index (χ4n) is 2.56. The molecule has 100 valence electrons. The Balaban J connectivity index is 2.07. The molecule has 0 radical (unpaired) electrons. The third kappa shape index (κ3) is 3.05. The van der Waals surface area contributed by atoms with Gasteiger partial charge in [-0.3, -0.25) is 0 Å². The second-order valence-electron chi connectivity index (χ2n) is 4.77. The van der Waals surface area contributed by atoms with Crippen LogP contribution in [0.15, 0.2) is 18.2 Å². The summed E-state index contributed by atoms with van der Waals surface area (Å²) in [5, 5.41) is 4.34. The van der Waals surface area contributed by atoms with E-state index in [4.69, 9.17) is 10.5 Å². The first kappa shape index (κ1) is 13.4. The summed E-state index contributed by atoms with van der Waals surface area (Å²) in [5.74, 6) is 0.747. The predicted molar refractivity (Wildman–Crippen MR) is 80.6 cm³/mol. The summed E-state index contributed by atoms with van der Waals surface area (Å²) in [5.41, 5.74) is 7.62. The van der Waals surface area contributed by atoms with Gasteiger partial charge in [0.2, 0.25) is 0 Å². The molecule has 3 nitrogen and oxygen atoms in total. The standard InChI is InChI=1S/C14H22N2OS/c1-17-13-9-10(7-8-11(13)15)16-12-5-3-4-6-14(12)18-2/h7-9,12,14,16H,3-6,15H2,1-2H3. The molecule has 0 bridgehead atoms. The van der Waals surface area contributed by atoms with Crippen molar-refractivity contribution in [2.75, 3.05) is 24.4 Å². The van der Waals surface area contributed by atoms with Crippen LogP contribution in [0.2, 0.25) is 0 Å². The molecular weight excluding hydrogens is 244 g/mol. The van der Waals surface area contributed by atoms with Crippen molar-refractivity contribution >= 4 is 23.1 Å². The molecule has 0 amide bonds. The van der Waals surface area contributed by atoms with Crippen LogP contribution in [0.4, 0.5) is 11.4 Å². The Labute approximate surface area is 113 Å². The van der Waals surface area contributed by atoms with Crippen LogP contribution in [-0.2, 0) is 0 Å². The van der Waals surface area contributed by atoms with Crippen LogP contribution in [0.25, 0.3) is 0 Å². The first-order valence-electron chi connectivity index (χ1n) is 6.47. The van der Waals surface area contributed by atoms with E-state index in [2.05, 4.69) is 11.6 Å². The van der Waals surface area contributed by atoms with Gasteiger partial charge in [-0.15, -0.1) is 0 Å². The molecule has 0 heterocycles. The van der Waals surface area contributed by atoms with Crippen LogP contribution >= 0.6 is 11.8 Å². The monoisotopic (exact) mass is 266 g/mol. The van der Waals surface area contributed by atoms with E-state index in [0.717, 1.165) is 11.4 Å². The zero-order chi connectivity index (χ0) is 13.0. The molecule has 0 spiro atoms.